The standard InChI is InChI=1S/C31H44N4O3/c1-24(25-10-4-2-5-11-25)32-29(37)31(26-12-6-3-7-13-26)17-22-34(23-18-31)30(38)33-20-15-27(16-21-33)35-19-9-8-14-28(35)36/h2-4,6,10,12,24,27H,5,7-9,11,13-23H2,1H3,(H,32,37)/t24-/m0/s1. The highest BCUT2D eigenvalue weighted by molar-refractivity contribution is 5.87. The molecule has 38 heavy (non-hydrogen) atoms. The summed E-state index contributed by atoms with van der Waals surface area (Å²) >= 11 is 0. The molecule has 0 aromatic heterocycles. The van der Waals surface area contributed by atoms with Crippen LogP contribution in [0.25, 0.3) is 0 Å². The molecule has 3 heterocycles. The van der Waals surface area contributed by atoms with Crippen molar-refractivity contribution >= 4 is 17.8 Å². The number of nitrogens with zero attached hydrogens (tertiary/aromatic N) is 3. The quantitative estimate of drug-likeness (QED) is 0.570. The van der Waals surface area contributed by atoms with Gasteiger partial charge in [-0.1, -0.05) is 42.0 Å². The lowest BCUT2D eigenvalue weighted by atomic mass is 9.69. The second-order valence-corrected chi connectivity index (χ2v) is 11.7. The van der Waals surface area contributed by atoms with Gasteiger partial charge in [-0.05, 0) is 76.7 Å². The monoisotopic (exact) mass is 520 g/mol. The minimum Gasteiger partial charge on any atom is -0.349 e. The van der Waals surface area contributed by atoms with Gasteiger partial charge in [-0.2, -0.15) is 0 Å². The highest BCUT2D eigenvalue weighted by Crippen LogP contribution is 2.43. The second kappa shape index (κ2) is 11.9. The molecule has 1 atom stereocenters. The number of rotatable bonds is 5. The predicted octanol–water partition coefficient (Wildman–Crippen LogP) is 4.72. The van der Waals surface area contributed by atoms with Crippen LogP contribution < -0.4 is 5.32 Å². The molecule has 0 aromatic carbocycles. The molecule has 0 aromatic rings. The Kier molecular flexibility index (Phi) is 8.39. The van der Waals surface area contributed by atoms with Gasteiger partial charge in [-0.3, -0.25) is 9.59 Å². The molecule has 0 bridgehead atoms. The molecule has 0 radical (unpaired) electrons. The van der Waals surface area contributed by atoms with Gasteiger partial charge in [0.1, 0.15) is 0 Å². The summed E-state index contributed by atoms with van der Waals surface area (Å²) in [5.74, 6) is 0.394. The van der Waals surface area contributed by atoms with E-state index in [1.807, 2.05) is 9.80 Å². The Morgan fingerprint density at radius 2 is 1.58 bits per heavy atom. The zero-order valence-electron chi connectivity index (χ0n) is 23.0. The number of hydrogen-bond acceptors (Lipinski definition) is 3. The molecule has 3 aliphatic heterocycles. The van der Waals surface area contributed by atoms with Crippen LogP contribution in [0.15, 0.2) is 47.6 Å². The Labute approximate surface area is 227 Å². The van der Waals surface area contributed by atoms with Crippen molar-refractivity contribution in [3.05, 3.63) is 47.6 Å². The molecule has 3 fully saturated rings. The molecule has 7 nitrogen and oxygen atoms in total. The molecule has 4 amide bonds. The van der Waals surface area contributed by atoms with Crippen LogP contribution in [-0.2, 0) is 9.59 Å². The van der Waals surface area contributed by atoms with E-state index >= 15 is 0 Å². The first-order chi connectivity index (χ1) is 18.5. The number of piperidine rings is 3. The Morgan fingerprint density at radius 3 is 2.21 bits per heavy atom. The predicted molar refractivity (Wildman–Crippen MR) is 149 cm³/mol. The number of nitrogens with one attached hydrogen (secondary N) is 1. The summed E-state index contributed by atoms with van der Waals surface area (Å²) < 4.78 is 0. The van der Waals surface area contributed by atoms with Crippen LogP contribution in [-0.4, -0.2) is 77.4 Å². The molecule has 7 heteroatoms. The van der Waals surface area contributed by atoms with E-state index in [2.05, 4.69) is 53.6 Å². The highest BCUT2D eigenvalue weighted by atomic mass is 16.2. The van der Waals surface area contributed by atoms with E-state index in [4.69, 9.17) is 0 Å². The van der Waals surface area contributed by atoms with Crippen molar-refractivity contribution in [2.75, 3.05) is 32.7 Å². The van der Waals surface area contributed by atoms with Crippen molar-refractivity contribution in [2.24, 2.45) is 5.41 Å². The van der Waals surface area contributed by atoms with E-state index in [0.717, 1.165) is 57.9 Å². The summed E-state index contributed by atoms with van der Waals surface area (Å²) in [6.45, 7) is 5.55. The first-order valence-electron chi connectivity index (χ1n) is 14.8. The van der Waals surface area contributed by atoms with Crippen molar-refractivity contribution in [3.8, 4) is 0 Å². The maximum absolute atomic E-state index is 13.9. The molecule has 3 saturated heterocycles. The Balaban J connectivity index is 1.21. The molecule has 1 N–H and O–H groups in total. The molecule has 5 aliphatic rings. The van der Waals surface area contributed by atoms with Crippen LogP contribution >= 0.6 is 0 Å². The van der Waals surface area contributed by atoms with Gasteiger partial charge in [0.25, 0.3) is 0 Å². The largest absolute Gasteiger partial charge is 0.349 e. The van der Waals surface area contributed by atoms with E-state index in [1.54, 1.807) is 0 Å². The number of likely N-dealkylation sites (tertiary alicyclic amines) is 3. The zero-order valence-corrected chi connectivity index (χ0v) is 23.0. The molecular weight excluding hydrogens is 476 g/mol. The van der Waals surface area contributed by atoms with Gasteiger partial charge in [0.2, 0.25) is 11.8 Å². The van der Waals surface area contributed by atoms with Gasteiger partial charge >= 0.3 is 6.03 Å². The summed E-state index contributed by atoms with van der Waals surface area (Å²) in [4.78, 5) is 45.7. The molecule has 0 spiro atoms. The second-order valence-electron chi connectivity index (χ2n) is 11.7. The van der Waals surface area contributed by atoms with Crippen LogP contribution in [0.4, 0.5) is 4.79 Å². The van der Waals surface area contributed by atoms with Crippen molar-refractivity contribution in [1.82, 2.24) is 20.0 Å². The summed E-state index contributed by atoms with van der Waals surface area (Å²) in [5, 5.41) is 3.35. The summed E-state index contributed by atoms with van der Waals surface area (Å²) in [6.07, 6.45) is 22.5. The van der Waals surface area contributed by atoms with Gasteiger partial charge in [-0.25, -0.2) is 4.79 Å². The van der Waals surface area contributed by atoms with E-state index in [9.17, 15) is 14.4 Å². The van der Waals surface area contributed by atoms with Gasteiger partial charge in [-0.15, -0.1) is 0 Å². The maximum Gasteiger partial charge on any atom is 0.320 e. The van der Waals surface area contributed by atoms with Crippen LogP contribution in [0, 0.1) is 5.41 Å². The van der Waals surface area contributed by atoms with Crippen molar-refractivity contribution in [3.63, 3.8) is 0 Å². The lowest BCUT2D eigenvalue weighted by Crippen LogP contribution is -2.56. The van der Waals surface area contributed by atoms with E-state index in [0.29, 0.717) is 45.4 Å². The fourth-order valence-electron chi connectivity index (χ4n) is 6.97. The maximum atomic E-state index is 13.9. The Bertz CT molecular complexity index is 1030. The van der Waals surface area contributed by atoms with E-state index in [-0.39, 0.29) is 29.9 Å². The normalized spacial score (nSPS) is 25.1. The summed E-state index contributed by atoms with van der Waals surface area (Å²) in [7, 11) is 0. The van der Waals surface area contributed by atoms with Crippen LogP contribution in [0.3, 0.4) is 0 Å². The van der Waals surface area contributed by atoms with Gasteiger partial charge in [0.05, 0.1) is 5.41 Å². The van der Waals surface area contributed by atoms with Crippen LogP contribution in [0.1, 0.15) is 77.6 Å². The number of amides is 4. The number of carbonyl (C=O) groups excluding carboxylic acids is 3. The average Bonchev–Trinajstić information content (AvgIpc) is 2.98. The molecule has 5 rings (SSSR count). The van der Waals surface area contributed by atoms with Gasteiger partial charge in [0.15, 0.2) is 0 Å². The van der Waals surface area contributed by atoms with Crippen LogP contribution in [0.5, 0.6) is 0 Å². The van der Waals surface area contributed by atoms with E-state index in [1.165, 1.54) is 11.1 Å². The fraction of sp³-hybridized carbons (Fsp3) is 0.645. The van der Waals surface area contributed by atoms with Crippen molar-refractivity contribution in [2.45, 2.75) is 89.6 Å². The first-order valence-corrected chi connectivity index (χ1v) is 14.8. The summed E-state index contributed by atoms with van der Waals surface area (Å²) in [5.41, 5.74) is 1.93. The third-order valence-corrected chi connectivity index (χ3v) is 9.44. The van der Waals surface area contributed by atoms with Crippen molar-refractivity contribution < 1.29 is 14.4 Å². The lowest BCUT2D eigenvalue weighted by Gasteiger charge is -2.45. The van der Waals surface area contributed by atoms with E-state index < -0.39 is 5.41 Å². The Hall–Kier alpha value is -2.83. The SMILES string of the molecule is C[C@H](NC(=O)C1(C2=CC=CCC2)CCN(C(=O)N2CCC(N3CCCCC3=O)CC2)CC1)C1=CC=CCC1. The third-order valence-electron chi connectivity index (χ3n) is 9.44. The topological polar surface area (TPSA) is 73.0 Å². The Morgan fingerprint density at radius 1 is 0.895 bits per heavy atom. The van der Waals surface area contributed by atoms with Gasteiger partial charge < -0.3 is 20.0 Å². The third kappa shape index (κ3) is 5.62. The molecular formula is C31H44N4O3. The number of carbonyl (C=O) groups is 3. The van der Waals surface area contributed by atoms with Crippen molar-refractivity contribution in [1.29, 1.82) is 0 Å². The smallest absolute Gasteiger partial charge is 0.320 e. The molecule has 2 aliphatic carbocycles. The average molecular weight is 521 g/mol. The molecule has 0 unspecified atom stereocenters. The summed E-state index contributed by atoms with van der Waals surface area (Å²) in [6, 6.07) is 0.372. The zero-order chi connectivity index (χ0) is 26.5. The minimum atomic E-state index is -0.553. The molecule has 0 saturated carbocycles. The highest BCUT2D eigenvalue weighted by Gasteiger charge is 2.46. The number of urea groups is 1. The van der Waals surface area contributed by atoms with Gasteiger partial charge in [0, 0.05) is 51.2 Å². The minimum absolute atomic E-state index is 0.0109. The lowest BCUT2D eigenvalue weighted by molar-refractivity contribution is -0.136. The molecule has 206 valence electrons. The number of allylic oxidation sites excluding steroid dienone is 6. The number of hydrogen-bond donors (Lipinski definition) is 1. The fourth-order valence-corrected chi connectivity index (χ4v) is 6.97. The van der Waals surface area contributed by atoms with Crippen LogP contribution in [0.2, 0.25) is 0 Å². The first kappa shape index (κ1) is 26.8.